The predicted octanol–water partition coefficient (Wildman–Crippen LogP) is 4.30. The van der Waals surface area contributed by atoms with Gasteiger partial charge in [-0.05, 0) is 72.6 Å². The Morgan fingerprint density at radius 3 is 2.41 bits per heavy atom. The fourth-order valence-electron chi connectivity index (χ4n) is 3.60. The first-order valence-corrected chi connectivity index (χ1v) is 11.4. The maximum absolute atomic E-state index is 13.2. The fourth-order valence-corrected chi connectivity index (χ4v) is 5.53. The van der Waals surface area contributed by atoms with Gasteiger partial charge in [0.05, 0.1) is 4.90 Å². The average molecular weight is 418 g/mol. The largest absolute Gasteiger partial charge is 0.350 e. The Hall–Kier alpha value is -2.19. The van der Waals surface area contributed by atoms with Crippen molar-refractivity contribution in [1.29, 1.82) is 0 Å². The lowest BCUT2D eigenvalue weighted by Gasteiger charge is -2.25. The Morgan fingerprint density at radius 2 is 1.79 bits per heavy atom. The molecule has 1 aliphatic heterocycles. The van der Waals surface area contributed by atoms with E-state index in [4.69, 9.17) is 0 Å². The van der Waals surface area contributed by atoms with Gasteiger partial charge in [0.1, 0.15) is 5.82 Å². The molecule has 29 heavy (non-hydrogen) atoms. The Morgan fingerprint density at radius 1 is 1.14 bits per heavy atom. The monoisotopic (exact) mass is 417 g/mol. The molecule has 158 valence electrons. The summed E-state index contributed by atoms with van der Waals surface area (Å²) in [6.07, 6.45) is 3.53. The zero-order valence-corrected chi connectivity index (χ0v) is 18.8. The molecule has 1 saturated heterocycles. The number of sulfonamides is 1. The molecule has 1 aromatic heterocycles. The zero-order chi connectivity index (χ0) is 21.4. The first kappa shape index (κ1) is 21.5. The molecule has 2 atom stereocenters. The van der Waals surface area contributed by atoms with E-state index in [9.17, 15) is 8.42 Å². The Kier molecular flexibility index (Phi) is 5.87. The summed E-state index contributed by atoms with van der Waals surface area (Å²) < 4.78 is 28.0. The number of aromatic nitrogens is 2. The Balaban J connectivity index is 1.88. The van der Waals surface area contributed by atoms with Gasteiger partial charge in [-0.2, -0.15) is 9.29 Å². The third kappa shape index (κ3) is 4.87. The zero-order valence-electron chi connectivity index (χ0n) is 18.0. The summed E-state index contributed by atoms with van der Waals surface area (Å²) in [5.74, 6) is 1.17. The summed E-state index contributed by atoms with van der Waals surface area (Å²) in [6, 6.07) is 6.95. The van der Waals surface area contributed by atoms with Crippen molar-refractivity contribution in [1.82, 2.24) is 14.3 Å². The summed E-state index contributed by atoms with van der Waals surface area (Å²) in [4.78, 5) is 9.17. The van der Waals surface area contributed by atoms with Gasteiger partial charge in [-0.25, -0.2) is 13.4 Å². The van der Waals surface area contributed by atoms with Crippen LogP contribution < -0.4 is 10.6 Å². The van der Waals surface area contributed by atoms with Crippen molar-refractivity contribution in [3.8, 4) is 0 Å². The summed E-state index contributed by atoms with van der Waals surface area (Å²) in [5, 5.41) is 6.50. The molecule has 0 radical (unpaired) electrons. The quantitative estimate of drug-likeness (QED) is 0.754. The molecule has 3 rings (SSSR count). The van der Waals surface area contributed by atoms with E-state index in [-0.39, 0.29) is 17.6 Å². The van der Waals surface area contributed by atoms with Gasteiger partial charge in [0.15, 0.2) is 0 Å². The number of benzene rings is 1. The van der Waals surface area contributed by atoms with Gasteiger partial charge in [0, 0.05) is 35.1 Å². The van der Waals surface area contributed by atoms with Gasteiger partial charge in [-0.3, -0.25) is 0 Å². The van der Waals surface area contributed by atoms with Crippen LogP contribution in [0.3, 0.4) is 0 Å². The van der Waals surface area contributed by atoms with Gasteiger partial charge in [-0.15, -0.1) is 0 Å². The molecule has 1 aromatic carbocycles. The molecule has 2 unspecified atom stereocenters. The van der Waals surface area contributed by atoms with Gasteiger partial charge in [0.25, 0.3) is 0 Å². The van der Waals surface area contributed by atoms with Crippen molar-refractivity contribution < 1.29 is 8.42 Å². The van der Waals surface area contributed by atoms with Gasteiger partial charge < -0.3 is 10.6 Å². The predicted molar refractivity (Wildman–Crippen MR) is 117 cm³/mol. The maximum atomic E-state index is 13.2. The maximum Gasteiger partial charge on any atom is 0.243 e. The summed E-state index contributed by atoms with van der Waals surface area (Å²) in [7, 11) is -3.55. The van der Waals surface area contributed by atoms with Crippen LogP contribution in [0.15, 0.2) is 35.4 Å². The third-order valence-electron chi connectivity index (χ3n) is 5.00. The van der Waals surface area contributed by atoms with Gasteiger partial charge >= 0.3 is 0 Å². The van der Waals surface area contributed by atoms with Crippen molar-refractivity contribution in [3.63, 3.8) is 0 Å². The second kappa shape index (κ2) is 7.91. The highest BCUT2D eigenvalue weighted by Gasteiger charge is 2.37. The molecule has 2 aromatic rings. The molecule has 2 N–H and O–H groups in total. The molecule has 0 amide bonds. The highest BCUT2D eigenvalue weighted by Crippen LogP contribution is 2.32. The highest BCUT2D eigenvalue weighted by molar-refractivity contribution is 7.89. The minimum Gasteiger partial charge on any atom is -0.350 e. The molecular weight excluding hydrogens is 386 g/mol. The van der Waals surface area contributed by atoms with Crippen LogP contribution in [-0.2, 0) is 10.0 Å². The van der Waals surface area contributed by atoms with E-state index >= 15 is 0 Å². The number of aryl methyl sites for hydroxylation is 1. The van der Waals surface area contributed by atoms with E-state index in [1.807, 2.05) is 47.6 Å². The molecular formula is C21H31N5O2S. The molecule has 2 heterocycles. The van der Waals surface area contributed by atoms with Crippen LogP contribution in [0.2, 0.25) is 0 Å². The normalized spacial score (nSPS) is 20.6. The molecule has 1 aliphatic rings. The number of anilines is 3. The van der Waals surface area contributed by atoms with E-state index < -0.39 is 10.0 Å². The van der Waals surface area contributed by atoms with Crippen molar-refractivity contribution in [2.24, 2.45) is 0 Å². The van der Waals surface area contributed by atoms with E-state index in [1.165, 1.54) is 0 Å². The van der Waals surface area contributed by atoms with E-state index in [2.05, 4.69) is 20.6 Å². The molecule has 0 spiro atoms. The molecule has 7 nitrogen and oxygen atoms in total. The molecule has 0 saturated carbocycles. The SMILES string of the molecule is Cc1cnc(NC(C)(C)C)nc1Nc1cccc(S(=O)(=O)N2C(C)CCC2C)c1. The van der Waals surface area contributed by atoms with Gasteiger partial charge in [-0.1, -0.05) is 6.07 Å². The lowest BCUT2D eigenvalue weighted by atomic mass is 10.1. The smallest absolute Gasteiger partial charge is 0.243 e. The van der Waals surface area contributed by atoms with Crippen LogP contribution in [0.25, 0.3) is 0 Å². The topological polar surface area (TPSA) is 87.2 Å². The lowest BCUT2D eigenvalue weighted by molar-refractivity contribution is 0.350. The number of rotatable bonds is 5. The lowest BCUT2D eigenvalue weighted by Crippen LogP contribution is -2.38. The van der Waals surface area contributed by atoms with Crippen LogP contribution in [0.1, 0.15) is 53.0 Å². The first-order valence-electron chi connectivity index (χ1n) is 10.00. The Bertz CT molecular complexity index is 975. The van der Waals surface area contributed by atoms with E-state index in [0.29, 0.717) is 22.3 Å². The number of nitrogens with zero attached hydrogens (tertiary/aromatic N) is 3. The van der Waals surface area contributed by atoms with Crippen molar-refractivity contribution in [3.05, 3.63) is 36.0 Å². The molecule has 0 aliphatic carbocycles. The number of nitrogens with one attached hydrogen (secondary N) is 2. The van der Waals surface area contributed by atoms with Gasteiger partial charge in [0.2, 0.25) is 16.0 Å². The molecule has 1 fully saturated rings. The second-order valence-electron chi connectivity index (χ2n) is 8.86. The first-order chi connectivity index (χ1) is 13.5. The van der Waals surface area contributed by atoms with Crippen molar-refractivity contribution in [2.75, 3.05) is 10.6 Å². The van der Waals surface area contributed by atoms with Crippen LogP contribution >= 0.6 is 0 Å². The van der Waals surface area contributed by atoms with E-state index in [1.54, 1.807) is 28.7 Å². The third-order valence-corrected chi connectivity index (χ3v) is 7.13. The average Bonchev–Trinajstić information content (AvgIpc) is 2.96. The fraction of sp³-hybridized carbons (Fsp3) is 0.524. The second-order valence-corrected chi connectivity index (χ2v) is 10.7. The summed E-state index contributed by atoms with van der Waals surface area (Å²) in [6.45, 7) is 12.0. The van der Waals surface area contributed by atoms with Crippen LogP contribution in [0.4, 0.5) is 17.5 Å². The molecule has 0 bridgehead atoms. The molecule has 8 heteroatoms. The number of hydrogen-bond acceptors (Lipinski definition) is 6. The summed E-state index contributed by atoms with van der Waals surface area (Å²) >= 11 is 0. The van der Waals surface area contributed by atoms with Crippen LogP contribution in [0.5, 0.6) is 0 Å². The number of hydrogen-bond donors (Lipinski definition) is 2. The summed E-state index contributed by atoms with van der Waals surface area (Å²) in [5.41, 5.74) is 1.39. The van der Waals surface area contributed by atoms with Crippen LogP contribution in [-0.4, -0.2) is 40.3 Å². The standard InChI is InChI=1S/C21H31N5O2S/c1-14-13-22-20(25-21(4,5)6)24-19(14)23-17-8-7-9-18(12-17)29(27,28)26-15(2)10-11-16(26)3/h7-9,12-13,15-16H,10-11H2,1-6H3,(H2,22,23,24,25). The Labute approximate surface area is 174 Å². The highest BCUT2D eigenvalue weighted by atomic mass is 32.2. The van der Waals surface area contributed by atoms with Crippen molar-refractivity contribution >= 4 is 27.5 Å². The minimum absolute atomic E-state index is 0.0155. The minimum atomic E-state index is -3.55. The van der Waals surface area contributed by atoms with E-state index in [0.717, 1.165) is 18.4 Å². The van der Waals surface area contributed by atoms with Crippen LogP contribution in [0, 0.1) is 6.92 Å². The van der Waals surface area contributed by atoms with Crippen molar-refractivity contribution in [2.45, 2.75) is 76.9 Å².